The molecule has 0 saturated heterocycles. The largest absolute Gasteiger partial charge is 0.495 e. The van der Waals surface area contributed by atoms with E-state index in [1.165, 1.54) is 0 Å². The first-order chi connectivity index (χ1) is 10.7. The van der Waals surface area contributed by atoms with Crippen molar-refractivity contribution in [3.8, 4) is 5.75 Å². The summed E-state index contributed by atoms with van der Waals surface area (Å²) < 4.78 is 7.22. The van der Waals surface area contributed by atoms with E-state index in [1.807, 2.05) is 66.2 Å². The van der Waals surface area contributed by atoms with E-state index in [2.05, 4.69) is 5.32 Å². The van der Waals surface area contributed by atoms with Crippen molar-refractivity contribution >= 4 is 22.5 Å². The summed E-state index contributed by atoms with van der Waals surface area (Å²) in [5, 5.41) is 4.05. The van der Waals surface area contributed by atoms with Crippen LogP contribution in [0.3, 0.4) is 0 Å². The highest BCUT2D eigenvalue weighted by Crippen LogP contribution is 2.25. The number of fused-ring (bicyclic) bond motifs is 1. The maximum atomic E-state index is 12.3. The lowest BCUT2D eigenvalue weighted by atomic mass is 10.2. The van der Waals surface area contributed by atoms with Crippen LogP contribution in [0.1, 0.15) is 5.56 Å². The summed E-state index contributed by atoms with van der Waals surface area (Å²) in [4.78, 5) is 12.3. The fourth-order valence-corrected chi connectivity index (χ4v) is 2.54. The Hall–Kier alpha value is -2.75. The quantitative estimate of drug-likeness (QED) is 0.799. The van der Waals surface area contributed by atoms with Gasteiger partial charge in [-0.25, -0.2) is 0 Å². The molecule has 3 rings (SSSR count). The van der Waals surface area contributed by atoms with Gasteiger partial charge in [0.15, 0.2) is 0 Å². The molecule has 1 aromatic heterocycles. The maximum absolute atomic E-state index is 12.3. The van der Waals surface area contributed by atoms with Gasteiger partial charge in [0.05, 0.1) is 12.8 Å². The van der Waals surface area contributed by atoms with Gasteiger partial charge >= 0.3 is 0 Å². The average molecular weight is 294 g/mol. The van der Waals surface area contributed by atoms with Crippen molar-refractivity contribution in [2.45, 2.75) is 13.5 Å². The van der Waals surface area contributed by atoms with Crippen molar-refractivity contribution in [1.29, 1.82) is 0 Å². The zero-order valence-corrected chi connectivity index (χ0v) is 12.7. The smallest absolute Gasteiger partial charge is 0.244 e. The summed E-state index contributed by atoms with van der Waals surface area (Å²) in [7, 11) is 1.60. The molecule has 0 aliphatic rings. The van der Waals surface area contributed by atoms with Gasteiger partial charge in [0.25, 0.3) is 0 Å². The van der Waals surface area contributed by atoms with E-state index in [4.69, 9.17) is 4.74 Å². The van der Waals surface area contributed by atoms with Crippen LogP contribution in [0.25, 0.3) is 10.9 Å². The number of para-hydroxylation sites is 1. The van der Waals surface area contributed by atoms with Crippen molar-refractivity contribution < 1.29 is 9.53 Å². The lowest BCUT2D eigenvalue weighted by Crippen LogP contribution is -2.18. The zero-order chi connectivity index (χ0) is 15.5. The minimum atomic E-state index is -0.0785. The number of rotatable bonds is 4. The highest BCUT2D eigenvalue weighted by Gasteiger charge is 2.09. The summed E-state index contributed by atoms with van der Waals surface area (Å²) in [6.07, 6.45) is 1.93. The van der Waals surface area contributed by atoms with Crippen molar-refractivity contribution in [2.75, 3.05) is 12.4 Å². The maximum Gasteiger partial charge on any atom is 0.244 e. The molecule has 0 aliphatic carbocycles. The van der Waals surface area contributed by atoms with E-state index in [0.29, 0.717) is 11.4 Å². The van der Waals surface area contributed by atoms with Gasteiger partial charge in [-0.15, -0.1) is 0 Å². The Morgan fingerprint density at radius 2 is 2.00 bits per heavy atom. The van der Waals surface area contributed by atoms with E-state index in [0.717, 1.165) is 16.5 Å². The number of anilines is 1. The number of benzene rings is 2. The van der Waals surface area contributed by atoms with Crippen molar-refractivity contribution in [3.63, 3.8) is 0 Å². The lowest BCUT2D eigenvalue weighted by Gasteiger charge is -2.12. The number of hydrogen-bond acceptors (Lipinski definition) is 2. The van der Waals surface area contributed by atoms with Crippen LogP contribution in [-0.2, 0) is 11.3 Å². The highest BCUT2D eigenvalue weighted by molar-refractivity contribution is 5.93. The molecular weight excluding hydrogens is 276 g/mol. The number of amides is 1. The van der Waals surface area contributed by atoms with Crippen LogP contribution in [0.5, 0.6) is 5.75 Å². The molecule has 0 atom stereocenters. The Morgan fingerprint density at radius 3 is 2.82 bits per heavy atom. The molecule has 1 heterocycles. The van der Waals surface area contributed by atoms with Crippen LogP contribution in [0.2, 0.25) is 0 Å². The van der Waals surface area contributed by atoms with E-state index in [-0.39, 0.29) is 12.5 Å². The number of carbonyl (C=O) groups excluding carboxylic acids is 1. The Balaban J connectivity index is 1.79. The summed E-state index contributed by atoms with van der Waals surface area (Å²) in [6.45, 7) is 2.25. The third-order valence-corrected chi connectivity index (χ3v) is 3.62. The SMILES string of the molecule is COc1ccc(C)cc1NC(=O)Cn1ccc2ccccc21. The Kier molecular flexibility index (Phi) is 3.83. The van der Waals surface area contributed by atoms with Gasteiger partial charge < -0.3 is 14.6 Å². The van der Waals surface area contributed by atoms with Gasteiger partial charge in [-0.2, -0.15) is 0 Å². The van der Waals surface area contributed by atoms with Crippen molar-refractivity contribution in [1.82, 2.24) is 4.57 Å². The molecule has 0 unspecified atom stereocenters. The Bertz CT molecular complexity index is 821. The first-order valence-electron chi connectivity index (χ1n) is 7.16. The van der Waals surface area contributed by atoms with E-state index >= 15 is 0 Å². The number of carbonyl (C=O) groups is 1. The number of aromatic nitrogens is 1. The molecule has 22 heavy (non-hydrogen) atoms. The van der Waals surface area contributed by atoms with Gasteiger partial charge in [-0.05, 0) is 42.1 Å². The molecule has 1 N–H and O–H groups in total. The molecule has 4 nitrogen and oxygen atoms in total. The summed E-state index contributed by atoms with van der Waals surface area (Å²) in [5.74, 6) is 0.585. The van der Waals surface area contributed by atoms with Gasteiger partial charge in [0.2, 0.25) is 5.91 Å². The Labute approximate surface area is 129 Å². The summed E-state index contributed by atoms with van der Waals surface area (Å²) >= 11 is 0. The standard InChI is InChI=1S/C18H18N2O2/c1-13-7-8-17(22-2)15(11-13)19-18(21)12-20-10-9-14-5-3-4-6-16(14)20/h3-11H,12H2,1-2H3,(H,19,21). The number of methoxy groups -OCH3 is 1. The summed E-state index contributed by atoms with van der Waals surface area (Å²) in [5.41, 5.74) is 2.82. The Morgan fingerprint density at radius 1 is 1.18 bits per heavy atom. The molecule has 0 fully saturated rings. The average Bonchev–Trinajstić information content (AvgIpc) is 2.91. The third kappa shape index (κ3) is 2.81. The summed E-state index contributed by atoms with van der Waals surface area (Å²) in [6, 6.07) is 15.7. The van der Waals surface area contributed by atoms with Crippen LogP contribution >= 0.6 is 0 Å². The molecule has 0 saturated carbocycles. The van der Waals surface area contributed by atoms with Crippen LogP contribution in [-0.4, -0.2) is 17.6 Å². The van der Waals surface area contributed by atoms with Crippen LogP contribution in [0.15, 0.2) is 54.7 Å². The second-order valence-corrected chi connectivity index (χ2v) is 5.25. The van der Waals surface area contributed by atoms with Crippen LogP contribution in [0.4, 0.5) is 5.69 Å². The van der Waals surface area contributed by atoms with Crippen LogP contribution < -0.4 is 10.1 Å². The van der Waals surface area contributed by atoms with Crippen LogP contribution in [0, 0.1) is 6.92 Å². The minimum Gasteiger partial charge on any atom is -0.495 e. The molecule has 112 valence electrons. The predicted octanol–water partition coefficient (Wildman–Crippen LogP) is 3.60. The van der Waals surface area contributed by atoms with Gasteiger partial charge in [0, 0.05) is 11.7 Å². The van der Waals surface area contributed by atoms with E-state index in [1.54, 1.807) is 7.11 Å². The number of aryl methyl sites for hydroxylation is 1. The second-order valence-electron chi connectivity index (χ2n) is 5.25. The van der Waals surface area contributed by atoms with Gasteiger partial charge in [-0.1, -0.05) is 24.3 Å². The first-order valence-corrected chi connectivity index (χ1v) is 7.16. The minimum absolute atomic E-state index is 0.0785. The molecule has 0 aliphatic heterocycles. The first kappa shape index (κ1) is 14.2. The van der Waals surface area contributed by atoms with Crippen molar-refractivity contribution in [2.24, 2.45) is 0 Å². The molecule has 2 aromatic carbocycles. The van der Waals surface area contributed by atoms with Gasteiger partial charge in [-0.3, -0.25) is 4.79 Å². The fraction of sp³-hybridized carbons (Fsp3) is 0.167. The number of nitrogens with zero attached hydrogens (tertiary/aromatic N) is 1. The highest BCUT2D eigenvalue weighted by atomic mass is 16.5. The third-order valence-electron chi connectivity index (χ3n) is 3.62. The molecule has 0 radical (unpaired) electrons. The molecule has 4 heteroatoms. The number of ether oxygens (including phenoxy) is 1. The number of hydrogen-bond donors (Lipinski definition) is 1. The van der Waals surface area contributed by atoms with E-state index < -0.39 is 0 Å². The van der Waals surface area contributed by atoms with Crippen molar-refractivity contribution in [3.05, 3.63) is 60.3 Å². The molecule has 1 amide bonds. The lowest BCUT2D eigenvalue weighted by molar-refractivity contribution is -0.116. The van der Waals surface area contributed by atoms with E-state index in [9.17, 15) is 4.79 Å². The molecule has 3 aromatic rings. The molecular formula is C18H18N2O2. The number of nitrogens with one attached hydrogen (secondary N) is 1. The topological polar surface area (TPSA) is 43.3 Å². The normalized spacial score (nSPS) is 10.6. The zero-order valence-electron chi connectivity index (χ0n) is 12.7. The predicted molar refractivity (Wildman–Crippen MR) is 88.3 cm³/mol. The monoisotopic (exact) mass is 294 g/mol. The van der Waals surface area contributed by atoms with Gasteiger partial charge in [0.1, 0.15) is 12.3 Å². The second kappa shape index (κ2) is 5.93. The molecule has 0 bridgehead atoms. The fourth-order valence-electron chi connectivity index (χ4n) is 2.54. The molecule has 0 spiro atoms.